The van der Waals surface area contributed by atoms with Crippen molar-refractivity contribution in [3.05, 3.63) is 143 Å². The van der Waals surface area contributed by atoms with Gasteiger partial charge in [0.15, 0.2) is 0 Å². The number of aromatic nitrogens is 2. The van der Waals surface area contributed by atoms with E-state index in [1.165, 1.54) is 77.5 Å². The van der Waals surface area contributed by atoms with Crippen LogP contribution in [-0.4, -0.2) is 9.97 Å². The minimum absolute atomic E-state index is 1.00. The van der Waals surface area contributed by atoms with E-state index in [4.69, 9.17) is 9.97 Å². The van der Waals surface area contributed by atoms with Gasteiger partial charge in [0.05, 0.1) is 16.7 Å². The van der Waals surface area contributed by atoms with Gasteiger partial charge in [0.25, 0.3) is 0 Å². The second kappa shape index (κ2) is 10.9. The maximum Gasteiger partial charge on any atom is 0.0977 e. The largest absolute Gasteiger partial charge is 0.254 e. The zero-order valence-electron chi connectivity index (χ0n) is 26.3. The molecule has 0 bridgehead atoms. The summed E-state index contributed by atoms with van der Waals surface area (Å²) in [4.78, 5) is 10.2. The van der Waals surface area contributed by atoms with Crippen LogP contribution in [0.15, 0.2) is 109 Å². The van der Waals surface area contributed by atoms with Crippen molar-refractivity contribution in [3.63, 3.8) is 0 Å². The summed E-state index contributed by atoms with van der Waals surface area (Å²) in [7, 11) is 0. The Morgan fingerprint density at radius 3 is 1.23 bits per heavy atom. The molecular weight excluding hydrogens is 532 g/mol. The van der Waals surface area contributed by atoms with Crippen molar-refractivity contribution in [2.75, 3.05) is 0 Å². The summed E-state index contributed by atoms with van der Waals surface area (Å²) in [5.74, 6) is 0. The van der Waals surface area contributed by atoms with E-state index in [9.17, 15) is 0 Å². The molecule has 44 heavy (non-hydrogen) atoms. The third kappa shape index (κ3) is 4.59. The number of fused-ring (bicyclic) bond motifs is 3. The predicted octanol–water partition coefficient (Wildman–Crippen LogP) is 11.3. The molecule has 0 N–H and O–H groups in total. The molecule has 2 aromatic heterocycles. The number of aryl methyl sites for hydroxylation is 5. The van der Waals surface area contributed by atoms with Gasteiger partial charge in [-0.25, -0.2) is 4.98 Å². The van der Waals surface area contributed by atoms with Crippen molar-refractivity contribution in [1.82, 2.24) is 9.97 Å². The fraction of sp³-hybridized carbons (Fsp3) is 0.143. The van der Waals surface area contributed by atoms with Gasteiger partial charge in [0.2, 0.25) is 0 Å². The van der Waals surface area contributed by atoms with Crippen LogP contribution >= 0.6 is 0 Å². The molecule has 0 aliphatic carbocycles. The maximum atomic E-state index is 5.32. The van der Waals surface area contributed by atoms with Crippen LogP contribution in [0.25, 0.3) is 66.4 Å². The first-order valence-electron chi connectivity index (χ1n) is 15.3. The Morgan fingerprint density at radius 2 is 0.750 bits per heavy atom. The molecular formula is C42H36N2. The number of hydrogen-bond donors (Lipinski definition) is 0. The fourth-order valence-electron chi connectivity index (χ4n) is 6.58. The Bertz CT molecular complexity index is 2170. The van der Waals surface area contributed by atoms with Crippen molar-refractivity contribution in [3.8, 4) is 44.6 Å². The van der Waals surface area contributed by atoms with Crippen LogP contribution in [0.4, 0.5) is 0 Å². The van der Waals surface area contributed by atoms with E-state index in [1.54, 1.807) is 0 Å². The Kier molecular flexibility index (Phi) is 6.86. The fourth-order valence-corrected chi connectivity index (χ4v) is 6.58. The molecule has 0 saturated heterocycles. The summed E-state index contributed by atoms with van der Waals surface area (Å²) >= 11 is 0. The summed E-state index contributed by atoms with van der Waals surface area (Å²) in [6.45, 7) is 13.2. The molecule has 0 aliphatic heterocycles. The molecule has 214 valence electrons. The molecule has 7 rings (SSSR count). The Hall–Kier alpha value is -5.08. The van der Waals surface area contributed by atoms with Gasteiger partial charge in [-0.15, -0.1) is 0 Å². The van der Waals surface area contributed by atoms with Crippen LogP contribution in [0.2, 0.25) is 0 Å². The summed E-state index contributed by atoms with van der Waals surface area (Å²) in [6.07, 6.45) is 1.99. The third-order valence-electron chi connectivity index (χ3n) is 9.58. The lowest BCUT2D eigenvalue weighted by Gasteiger charge is -2.19. The molecule has 0 saturated carbocycles. The van der Waals surface area contributed by atoms with E-state index >= 15 is 0 Å². The van der Waals surface area contributed by atoms with Gasteiger partial charge in [0, 0.05) is 22.5 Å². The molecule has 0 spiro atoms. The van der Waals surface area contributed by atoms with E-state index in [0.29, 0.717) is 0 Å². The van der Waals surface area contributed by atoms with E-state index in [2.05, 4.69) is 145 Å². The lowest BCUT2D eigenvalue weighted by Crippen LogP contribution is -2.01. The van der Waals surface area contributed by atoms with Crippen LogP contribution in [0, 0.1) is 41.5 Å². The second-order valence-corrected chi connectivity index (χ2v) is 12.1. The van der Waals surface area contributed by atoms with Crippen molar-refractivity contribution in [2.24, 2.45) is 0 Å². The highest BCUT2D eigenvalue weighted by atomic mass is 14.8. The van der Waals surface area contributed by atoms with Crippen LogP contribution in [0.1, 0.15) is 33.4 Å². The first kappa shape index (κ1) is 27.7. The van der Waals surface area contributed by atoms with E-state index in [-0.39, 0.29) is 0 Å². The normalized spacial score (nSPS) is 11.4. The predicted molar refractivity (Wildman–Crippen MR) is 187 cm³/mol. The Labute approximate surface area is 260 Å². The first-order chi connectivity index (χ1) is 21.3. The molecule has 2 heteroatoms. The van der Waals surface area contributed by atoms with Crippen LogP contribution in [0.3, 0.4) is 0 Å². The van der Waals surface area contributed by atoms with Gasteiger partial charge in [0.1, 0.15) is 0 Å². The SMILES string of the molecule is Cc1cnc2c(c1C)c(C)c(C)c1c(C)c(C)c(-c3ccc(-c4ccc(-c5ccc(-c6ccccc6)cc5)cc4)cc3)nc12. The molecule has 5 aromatic carbocycles. The summed E-state index contributed by atoms with van der Waals surface area (Å²) in [5, 5.41) is 2.47. The highest BCUT2D eigenvalue weighted by Crippen LogP contribution is 2.38. The minimum Gasteiger partial charge on any atom is -0.254 e. The number of hydrogen-bond acceptors (Lipinski definition) is 2. The summed E-state index contributed by atoms with van der Waals surface area (Å²) < 4.78 is 0. The van der Waals surface area contributed by atoms with Crippen molar-refractivity contribution >= 4 is 21.8 Å². The quantitative estimate of drug-likeness (QED) is 0.197. The van der Waals surface area contributed by atoms with Crippen LogP contribution in [-0.2, 0) is 0 Å². The smallest absolute Gasteiger partial charge is 0.0977 e. The van der Waals surface area contributed by atoms with Crippen LogP contribution in [0.5, 0.6) is 0 Å². The average molecular weight is 569 g/mol. The molecule has 2 nitrogen and oxygen atoms in total. The van der Waals surface area contributed by atoms with Gasteiger partial charge >= 0.3 is 0 Å². The standard InChI is InChI=1S/C42H36N2/c1-25-24-43-41-38(26(25)2)27(3)28(4)39-29(5)30(6)40(44-42(39)41)37-22-20-36(21-23-37)35-18-16-34(17-19-35)33-14-12-32(13-15-33)31-10-8-7-9-11-31/h7-24H,1-6H3. The molecule has 7 aromatic rings. The van der Waals surface area contributed by atoms with Crippen molar-refractivity contribution in [2.45, 2.75) is 41.5 Å². The van der Waals surface area contributed by atoms with Gasteiger partial charge in [-0.2, -0.15) is 0 Å². The lowest BCUT2D eigenvalue weighted by atomic mass is 9.90. The molecule has 0 unspecified atom stereocenters. The molecule has 0 amide bonds. The molecule has 0 fully saturated rings. The van der Waals surface area contributed by atoms with Crippen molar-refractivity contribution in [1.29, 1.82) is 0 Å². The topological polar surface area (TPSA) is 25.8 Å². The third-order valence-corrected chi connectivity index (χ3v) is 9.58. The molecule has 2 heterocycles. The summed E-state index contributed by atoms with van der Waals surface area (Å²) in [5.41, 5.74) is 19.1. The molecule has 0 radical (unpaired) electrons. The minimum atomic E-state index is 1.00. The summed E-state index contributed by atoms with van der Waals surface area (Å²) in [6, 6.07) is 37.0. The zero-order valence-corrected chi connectivity index (χ0v) is 26.3. The number of pyridine rings is 2. The maximum absolute atomic E-state index is 5.32. The van der Waals surface area contributed by atoms with Gasteiger partial charge < -0.3 is 0 Å². The Balaban J connectivity index is 1.22. The lowest BCUT2D eigenvalue weighted by molar-refractivity contribution is 1.23. The van der Waals surface area contributed by atoms with Crippen LogP contribution < -0.4 is 0 Å². The number of nitrogens with zero attached hydrogens (tertiary/aromatic N) is 2. The Morgan fingerprint density at radius 1 is 0.364 bits per heavy atom. The van der Waals surface area contributed by atoms with Gasteiger partial charge in [-0.1, -0.05) is 103 Å². The van der Waals surface area contributed by atoms with E-state index in [0.717, 1.165) is 22.3 Å². The first-order valence-corrected chi connectivity index (χ1v) is 15.3. The van der Waals surface area contributed by atoms with Gasteiger partial charge in [-0.3, -0.25) is 4.98 Å². The number of benzene rings is 5. The molecule has 0 atom stereocenters. The monoisotopic (exact) mass is 568 g/mol. The zero-order chi connectivity index (χ0) is 30.5. The van der Waals surface area contributed by atoms with E-state index in [1.807, 2.05) is 6.20 Å². The average Bonchev–Trinajstić information content (AvgIpc) is 3.07. The second-order valence-electron chi connectivity index (χ2n) is 12.1. The molecule has 0 aliphatic rings. The highest BCUT2D eigenvalue weighted by Gasteiger charge is 2.19. The van der Waals surface area contributed by atoms with E-state index < -0.39 is 0 Å². The number of rotatable bonds is 4. The highest BCUT2D eigenvalue weighted by molar-refractivity contribution is 6.09. The van der Waals surface area contributed by atoms with Gasteiger partial charge in [-0.05, 0) is 108 Å². The van der Waals surface area contributed by atoms with Crippen molar-refractivity contribution < 1.29 is 0 Å².